The van der Waals surface area contributed by atoms with E-state index in [-0.39, 0.29) is 6.42 Å². The molecule has 0 aliphatic rings. The quantitative estimate of drug-likeness (QED) is 0.519. The molecule has 1 atom stereocenters. The van der Waals surface area contributed by atoms with E-state index in [1.165, 1.54) is 7.11 Å². The third-order valence-corrected chi connectivity index (χ3v) is 1.87. The highest BCUT2D eigenvalue weighted by atomic mass is 16.5. The van der Waals surface area contributed by atoms with Crippen LogP contribution >= 0.6 is 0 Å². The molecule has 0 rings (SSSR count). The Hall–Kier alpha value is -1.09. The lowest BCUT2D eigenvalue weighted by molar-refractivity contribution is -0.142. The van der Waals surface area contributed by atoms with Gasteiger partial charge in [0.15, 0.2) is 0 Å². The lowest BCUT2D eigenvalue weighted by atomic mass is 10.00. The molecule has 0 aliphatic heterocycles. The Balaban J connectivity index is 4.11. The lowest BCUT2D eigenvalue weighted by Gasteiger charge is -2.13. The summed E-state index contributed by atoms with van der Waals surface area (Å²) in [5, 5.41) is 9.46. The van der Waals surface area contributed by atoms with Crippen molar-refractivity contribution < 1.29 is 14.6 Å². The Morgan fingerprint density at radius 1 is 1.54 bits per heavy atom. The van der Waals surface area contributed by atoms with Crippen LogP contribution in [0.5, 0.6) is 0 Å². The maximum atomic E-state index is 10.8. The van der Waals surface area contributed by atoms with Gasteiger partial charge in [-0.05, 0) is 12.0 Å². The average Bonchev–Trinajstić information content (AvgIpc) is 2.14. The second kappa shape index (κ2) is 5.54. The van der Waals surface area contributed by atoms with Crippen molar-refractivity contribution in [3.63, 3.8) is 0 Å². The van der Waals surface area contributed by atoms with E-state index in [1.807, 2.05) is 6.92 Å². The van der Waals surface area contributed by atoms with Gasteiger partial charge in [-0.1, -0.05) is 25.7 Å². The first kappa shape index (κ1) is 11.9. The summed E-state index contributed by atoms with van der Waals surface area (Å²) in [6.07, 6.45) is -0.217. The van der Waals surface area contributed by atoms with E-state index >= 15 is 0 Å². The van der Waals surface area contributed by atoms with Crippen molar-refractivity contribution >= 4 is 5.97 Å². The van der Waals surface area contributed by atoms with Crippen LogP contribution in [-0.2, 0) is 9.53 Å². The topological polar surface area (TPSA) is 46.5 Å². The van der Waals surface area contributed by atoms with Crippen LogP contribution in [-0.4, -0.2) is 24.3 Å². The van der Waals surface area contributed by atoms with E-state index in [0.717, 1.165) is 12.0 Å². The summed E-state index contributed by atoms with van der Waals surface area (Å²) in [5.74, 6) is -0.447. The van der Waals surface area contributed by atoms with Crippen LogP contribution in [0.3, 0.4) is 0 Å². The molecule has 0 aromatic rings. The molecule has 0 amide bonds. The molecular formula is C10H16O3. The highest BCUT2D eigenvalue weighted by molar-refractivity contribution is 5.70. The normalized spacial score (nSPS) is 11.9. The summed E-state index contributed by atoms with van der Waals surface area (Å²) >= 11 is 0. The highest BCUT2D eigenvalue weighted by Crippen LogP contribution is 2.15. The SMILES string of the molecule is C=C(CC)C(=C)[C@@H](O)CC(=O)OC. The van der Waals surface area contributed by atoms with Crippen molar-refractivity contribution in [2.24, 2.45) is 0 Å². The molecule has 0 saturated heterocycles. The minimum atomic E-state index is -0.875. The molecule has 0 bridgehead atoms. The van der Waals surface area contributed by atoms with Gasteiger partial charge in [0.1, 0.15) is 0 Å². The molecule has 13 heavy (non-hydrogen) atoms. The first-order valence-electron chi connectivity index (χ1n) is 4.14. The third-order valence-electron chi connectivity index (χ3n) is 1.87. The monoisotopic (exact) mass is 184 g/mol. The first-order chi connectivity index (χ1) is 6.02. The van der Waals surface area contributed by atoms with Crippen LogP contribution in [0.4, 0.5) is 0 Å². The molecule has 0 saturated carbocycles. The molecule has 0 radical (unpaired) electrons. The van der Waals surface area contributed by atoms with E-state index in [1.54, 1.807) is 0 Å². The number of rotatable bonds is 5. The van der Waals surface area contributed by atoms with Crippen LogP contribution in [0.2, 0.25) is 0 Å². The van der Waals surface area contributed by atoms with Gasteiger partial charge in [0.2, 0.25) is 0 Å². The summed E-state index contributed by atoms with van der Waals surface area (Å²) < 4.78 is 4.41. The van der Waals surface area contributed by atoms with Crippen LogP contribution in [0.1, 0.15) is 19.8 Å². The Bertz CT molecular complexity index is 218. The zero-order valence-electron chi connectivity index (χ0n) is 8.17. The fraction of sp³-hybridized carbons (Fsp3) is 0.500. The third kappa shape index (κ3) is 3.90. The summed E-state index contributed by atoms with van der Waals surface area (Å²) in [6, 6.07) is 0. The smallest absolute Gasteiger partial charge is 0.308 e. The number of carbonyl (C=O) groups is 1. The van der Waals surface area contributed by atoms with Crippen molar-refractivity contribution in [2.45, 2.75) is 25.9 Å². The fourth-order valence-corrected chi connectivity index (χ4v) is 0.827. The van der Waals surface area contributed by atoms with Gasteiger partial charge in [0.05, 0.1) is 19.6 Å². The molecule has 0 unspecified atom stereocenters. The molecule has 0 heterocycles. The molecule has 0 spiro atoms. The number of aliphatic hydroxyl groups excluding tert-OH is 1. The maximum Gasteiger partial charge on any atom is 0.308 e. The van der Waals surface area contributed by atoms with Gasteiger partial charge in [0, 0.05) is 0 Å². The maximum absolute atomic E-state index is 10.8. The molecule has 0 fully saturated rings. The Kier molecular flexibility index (Phi) is 5.07. The van der Waals surface area contributed by atoms with Gasteiger partial charge < -0.3 is 9.84 Å². The number of carbonyl (C=O) groups excluding carboxylic acids is 1. The molecule has 0 aliphatic carbocycles. The van der Waals surface area contributed by atoms with Gasteiger partial charge in [0.25, 0.3) is 0 Å². The molecule has 3 heteroatoms. The molecule has 0 aromatic heterocycles. The molecule has 1 N–H and O–H groups in total. The van der Waals surface area contributed by atoms with Gasteiger partial charge >= 0.3 is 5.97 Å². The number of hydrogen-bond acceptors (Lipinski definition) is 3. The number of ether oxygens (including phenoxy) is 1. The van der Waals surface area contributed by atoms with Gasteiger partial charge in [-0.15, -0.1) is 0 Å². The second-order valence-electron chi connectivity index (χ2n) is 2.78. The van der Waals surface area contributed by atoms with E-state index in [4.69, 9.17) is 0 Å². The predicted molar refractivity (Wildman–Crippen MR) is 51.2 cm³/mol. The standard InChI is InChI=1S/C10H16O3/c1-5-7(2)8(3)9(11)6-10(12)13-4/h9,11H,2-3,5-6H2,1,4H3/t9-/m0/s1. The number of aliphatic hydroxyl groups is 1. The second-order valence-corrected chi connectivity index (χ2v) is 2.78. The van der Waals surface area contributed by atoms with Crippen molar-refractivity contribution in [3.05, 3.63) is 24.3 Å². The van der Waals surface area contributed by atoms with Crippen LogP contribution in [0.15, 0.2) is 24.3 Å². The fourth-order valence-electron chi connectivity index (χ4n) is 0.827. The average molecular weight is 184 g/mol. The number of hydrogen-bond donors (Lipinski definition) is 1. The van der Waals surface area contributed by atoms with Gasteiger partial charge in [-0.25, -0.2) is 0 Å². The minimum Gasteiger partial charge on any atom is -0.469 e. The Morgan fingerprint density at radius 3 is 2.46 bits per heavy atom. The van der Waals surface area contributed by atoms with Crippen LogP contribution in [0, 0.1) is 0 Å². The molecule has 3 nitrogen and oxygen atoms in total. The summed E-state index contributed by atoms with van der Waals surface area (Å²) in [6.45, 7) is 9.29. The summed E-state index contributed by atoms with van der Waals surface area (Å²) in [4.78, 5) is 10.8. The summed E-state index contributed by atoms with van der Waals surface area (Å²) in [5.41, 5.74) is 1.27. The van der Waals surface area contributed by atoms with E-state index in [2.05, 4.69) is 17.9 Å². The zero-order chi connectivity index (χ0) is 10.4. The molecule has 0 aromatic carbocycles. The van der Waals surface area contributed by atoms with Crippen molar-refractivity contribution in [3.8, 4) is 0 Å². The van der Waals surface area contributed by atoms with Crippen LogP contribution < -0.4 is 0 Å². The number of methoxy groups -OCH3 is 1. The first-order valence-corrected chi connectivity index (χ1v) is 4.14. The van der Waals surface area contributed by atoms with Crippen LogP contribution in [0.25, 0.3) is 0 Å². The Labute approximate surface area is 78.7 Å². The predicted octanol–water partition coefficient (Wildman–Crippen LogP) is 1.43. The highest BCUT2D eigenvalue weighted by Gasteiger charge is 2.15. The minimum absolute atomic E-state index is 0.0612. The zero-order valence-corrected chi connectivity index (χ0v) is 8.17. The Morgan fingerprint density at radius 2 is 2.08 bits per heavy atom. The molecular weight excluding hydrogens is 168 g/mol. The van der Waals surface area contributed by atoms with Crippen molar-refractivity contribution in [2.75, 3.05) is 7.11 Å². The largest absolute Gasteiger partial charge is 0.469 e. The summed E-state index contributed by atoms with van der Waals surface area (Å²) in [7, 11) is 1.28. The van der Waals surface area contributed by atoms with E-state index in [9.17, 15) is 9.90 Å². The molecule has 74 valence electrons. The van der Waals surface area contributed by atoms with E-state index < -0.39 is 12.1 Å². The lowest BCUT2D eigenvalue weighted by Crippen LogP contribution is -2.17. The van der Waals surface area contributed by atoms with Crippen molar-refractivity contribution in [1.82, 2.24) is 0 Å². The van der Waals surface area contributed by atoms with Crippen molar-refractivity contribution in [1.29, 1.82) is 0 Å². The van der Waals surface area contributed by atoms with Gasteiger partial charge in [-0.3, -0.25) is 4.79 Å². The number of esters is 1. The van der Waals surface area contributed by atoms with Gasteiger partial charge in [-0.2, -0.15) is 0 Å². The van der Waals surface area contributed by atoms with E-state index in [0.29, 0.717) is 5.57 Å².